The number of rotatable bonds is 8. The number of benzene rings is 1. The number of nitrogens with zero attached hydrogens (tertiary/aromatic N) is 8. The van der Waals surface area contributed by atoms with Crippen LogP contribution < -0.4 is 4.72 Å². The quantitative estimate of drug-likeness (QED) is 0.279. The van der Waals surface area contributed by atoms with Crippen molar-refractivity contribution in [3.8, 4) is 0 Å². The summed E-state index contributed by atoms with van der Waals surface area (Å²) in [6.45, 7) is -2.66. The summed E-state index contributed by atoms with van der Waals surface area (Å²) in [5.41, 5.74) is 0.295. The molecule has 0 saturated carbocycles. The maximum absolute atomic E-state index is 14.1. The average molecular weight is 706 g/mol. The number of alkyl halides is 2. The second-order valence-electron chi connectivity index (χ2n) is 11.3. The largest absolute Gasteiger partial charge is 0.382 e. The van der Waals surface area contributed by atoms with E-state index in [0.29, 0.717) is 32.4 Å². The minimum atomic E-state index is -4.03. The topological polar surface area (TPSA) is 142 Å². The third-order valence-corrected chi connectivity index (χ3v) is 11.2. The first-order chi connectivity index (χ1) is 22.5. The predicted octanol–water partition coefficient (Wildman–Crippen LogP) is 4.12. The van der Waals surface area contributed by atoms with Crippen molar-refractivity contribution in [1.29, 1.82) is 0 Å². The Morgan fingerprint density at radius 1 is 1.11 bits per heavy atom. The number of aromatic nitrogens is 5. The molecule has 47 heavy (non-hydrogen) atoms. The molecule has 1 aromatic carbocycles. The highest BCUT2D eigenvalue weighted by atomic mass is 35.5. The van der Waals surface area contributed by atoms with Gasteiger partial charge in [-0.1, -0.05) is 17.7 Å². The highest BCUT2D eigenvalue weighted by Crippen LogP contribution is 2.46. The van der Waals surface area contributed by atoms with Gasteiger partial charge < -0.3 is 10.0 Å². The average Bonchev–Trinajstić information content (AvgIpc) is 3.83. The fraction of sp³-hybridized carbons (Fsp3) is 0.345. The Morgan fingerprint density at radius 2 is 1.87 bits per heavy atom. The number of hydrogen-bond donors (Lipinski definition) is 2. The molecule has 3 aliphatic rings. The Labute approximate surface area is 276 Å². The third-order valence-electron chi connectivity index (χ3n) is 8.41. The zero-order chi connectivity index (χ0) is 32.9. The normalized spacial score (nSPS) is 21.7. The summed E-state index contributed by atoms with van der Waals surface area (Å²) in [5.74, 6) is 0.126. The van der Waals surface area contributed by atoms with Crippen molar-refractivity contribution in [2.45, 2.75) is 43.5 Å². The van der Waals surface area contributed by atoms with Crippen LogP contribution in [0.15, 0.2) is 71.2 Å². The Balaban J connectivity index is 1.23. The Morgan fingerprint density at radius 3 is 2.53 bits per heavy atom. The van der Waals surface area contributed by atoms with Gasteiger partial charge >= 0.3 is 6.55 Å². The lowest BCUT2D eigenvalue weighted by atomic mass is 9.91. The van der Waals surface area contributed by atoms with Crippen LogP contribution in [-0.4, -0.2) is 79.0 Å². The van der Waals surface area contributed by atoms with E-state index in [1.165, 1.54) is 46.2 Å². The summed E-state index contributed by atoms with van der Waals surface area (Å²) in [4.78, 5) is 19.5. The highest BCUT2D eigenvalue weighted by molar-refractivity contribution is 7.87. The maximum atomic E-state index is 14.1. The van der Waals surface area contributed by atoms with Crippen molar-refractivity contribution in [3.05, 3.63) is 99.1 Å². The molecule has 0 aliphatic carbocycles. The fourth-order valence-corrected chi connectivity index (χ4v) is 8.48. The maximum Gasteiger partial charge on any atom is 0.333 e. The molecule has 2 N–H and O–H groups in total. The highest BCUT2D eigenvalue weighted by Gasteiger charge is 2.44. The number of fused-ring (bicyclic) bond motifs is 1. The molecule has 2 atom stereocenters. The molecule has 4 aromatic rings. The van der Waals surface area contributed by atoms with E-state index < -0.39 is 40.3 Å². The van der Waals surface area contributed by atoms with Crippen LogP contribution in [0.1, 0.15) is 53.9 Å². The monoisotopic (exact) mass is 705 g/mol. The molecule has 0 bridgehead atoms. The molecular formula is C29H27ClF3N9O3S2. The van der Waals surface area contributed by atoms with E-state index in [4.69, 9.17) is 16.6 Å². The lowest BCUT2D eigenvalue weighted by Crippen LogP contribution is -2.52. The first-order valence-corrected chi connectivity index (χ1v) is 17.3. The van der Waals surface area contributed by atoms with E-state index >= 15 is 0 Å². The van der Waals surface area contributed by atoms with Gasteiger partial charge in [-0.15, -0.1) is 11.3 Å². The van der Waals surface area contributed by atoms with E-state index in [1.54, 1.807) is 17.6 Å². The number of aliphatic hydroxyl groups is 1. The van der Waals surface area contributed by atoms with Crippen LogP contribution in [-0.2, 0) is 15.8 Å². The summed E-state index contributed by atoms with van der Waals surface area (Å²) >= 11 is 7.84. The van der Waals surface area contributed by atoms with E-state index in [-0.39, 0.29) is 55.4 Å². The Hall–Kier alpha value is -3.74. The minimum Gasteiger partial charge on any atom is -0.382 e. The SMILES string of the molecule is O=S(=O)(NC1CC2=C(c3ccn(C(F)F)n3)[C@H](c3ccc(F)cc3Cl)N=C(c3nccs3)N2C1)N1CCC(O)(c2ncccn2)CC1. The molecule has 3 aromatic heterocycles. The summed E-state index contributed by atoms with van der Waals surface area (Å²) in [6.07, 6.45) is 6.19. The molecule has 0 radical (unpaired) electrons. The third kappa shape index (κ3) is 6.07. The number of hydrogen-bond acceptors (Lipinski definition) is 10. The van der Waals surface area contributed by atoms with Crippen LogP contribution in [0.2, 0.25) is 5.02 Å². The lowest BCUT2D eigenvalue weighted by Gasteiger charge is -2.36. The molecule has 3 aliphatic heterocycles. The number of halogens is 4. The summed E-state index contributed by atoms with van der Waals surface area (Å²) in [6, 6.07) is 5.40. The van der Waals surface area contributed by atoms with Gasteiger partial charge in [0.1, 0.15) is 17.5 Å². The van der Waals surface area contributed by atoms with Gasteiger partial charge in [0.2, 0.25) is 0 Å². The van der Waals surface area contributed by atoms with Crippen molar-refractivity contribution < 1.29 is 26.7 Å². The molecule has 0 spiro atoms. The fourth-order valence-electron chi connectivity index (χ4n) is 6.18. The van der Waals surface area contributed by atoms with Gasteiger partial charge in [-0.2, -0.15) is 31.3 Å². The predicted molar refractivity (Wildman–Crippen MR) is 167 cm³/mol. The van der Waals surface area contributed by atoms with Crippen molar-refractivity contribution in [3.63, 3.8) is 0 Å². The van der Waals surface area contributed by atoms with Gasteiger partial charge in [0, 0.05) is 84.1 Å². The standard InChI is InChI=1S/C29H27ClF3N9O3S2/c30-20-14-17(31)2-3-19(20)24-23(21-4-10-42(38-21)28(32)33)22-15-18(16-41(22)25(37-24)26-34-9-13-46-26)39-47(44,45)40-11-5-29(43,6-12-40)27-35-7-1-8-36-27/h1-4,7-10,13-14,18,24,28,39,43H,5-6,11-12,15-16H2/t18?,24-/m0/s1. The molecule has 2 saturated heterocycles. The van der Waals surface area contributed by atoms with Crippen LogP contribution in [0, 0.1) is 5.82 Å². The van der Waals surface area contributed by atoms with Gasteiger partial charge in [-0.3, -0.25) is 4.99 Å². The van der Waals surface area contributed by atoms with E-state index in [0.717, 1.165) is 12.3 Å². The Bertz CT molecular complexity index is 1950. The smallest absolute Gasteiger partial charge is 0.333 e. The zero-order valence-electron chi connectivity index (χ0n) is 24.4. The van der Waals surface area contributed by atoms with Crippen LogP contribution in [0.25, 0.3) is 5.57 Å². The molecule has 7 rings (SSSR count). The first kappa shape index (κ1) is 31.8. The van der Waals surface area contributed by atoms with Crippen molar-refractivity contribution in [1.82, 2.24) is 38.7 Å². The second-order valence-corrected chi connectivity index (χ2v) is 14.3. The van der Waals surface area contributed by atoms with Gasteiger partial charge in [0.05, 0.1) is 5.69 Å². The van der Waals surface area contributed by atoms with E-state index in [9.17, 15) is 26.7 Å². The Kier molecular flexibility index (Phi) is 8.38. The molecular weight excluding hydrogens is 679 g/mol. The van der Waals surface area contributed by atoms with Crippen molar-refractivity contribution >= 4 is 44.6 Å². The van der Waals surface area contributed by atoms with Crippen LogP contribution >= 0.6 is 22.9 Å². The first-order valence-electron chi connectivity index (χ1n) is 14.6. The molecule has 1 unspecified atom stereocenters. The van der Waals surface area contributed by atoms with Gasteiger partial charge in [-0.05, 0) is 37.1 Å². The van der Waals surface area contributed by atoms with Crippen LogP contribution in [0.5, 0.6) is 0 Å². The minimum absolute atomic E-state index is 0.0382. The van der Waals surface area contributed by atoms with Gasteiger partial charge in [0.15, 0.2) is 16.7 Å². The summed E-state index contributed by atoms with van der Waals surface area (Å²) in [7, 11) is -4.03. The molecule has 18 heteroatoms. The summed E-state index contributed by atoms with van der Waals surface area (Å²) in [5, 5.41) is 17.6. The molecule has 12 nitrogen and oxygen atoms in total. The molecule has 6 heterocycles. The zero-order valence-corrected chi connectivity index (χ0v) is 26.8. The molecule has 0 amide bonds. The lowest BCUT2D eigenvalue weighted by molar-refractivity contribution is -0.0177. The molecule has 2 fully saturated rings. The van der Waals surface area contributed by atoms with Crippen LogP contribution in [0.3, 0.4) is 0 Å². The van der Waals surface area contributed by atoms with Gasteiger partial charge in [0.25, 0.3) is 10.2 Å². The van der Waals surface area contributed by atoms with Crippen LogP contribution in [0.4, 0.5) is 13.2 Å². The molecule has 246 valence electrons. The number of amidine groups is 1. The van der Waals surface area contributed by atoms with Gasteiger partial charge in [-0.25, -0.2) is 24.0 Å². The number of aliphatic imine (C=N–C) groups is 1. The van der Waals surface area contributed by atoms with E-state index in [1.807, 2.05) is 4.90 Å². The van der Waals surface area contributed by atoms with Crippen molar-refractivity contribution in [2.24, 2.45) is 4.99 Å². The number of thiazole rings is 1. The summed E-state index contributed by atoms with van der Waals surface area (Å²) < 4.78 is 73.3. The number of nitrogens with one attached hydrogen (secondary N) is 1. The second kappa shape index (κ2) is 12.4. The number of piperidine rings is 1. The van der Waals surface area contributed by atoms with E-state index in [2.05, 4.69) is 24.8 Å². The van der Waals surface area contributed by atoms with Crippen molar-refractivity contribution in [2.75, 3.05) is 19.6 Å².